The van der Waals surface area contributed by atoms with Crippen molar-refractivity contribution in [3.8, 4) is 0 Å². The van der Waals surface area contributed by atoms with Crippen molar-refractivity contribution in [1.29, 1.82) is 0 Å². The molecule has 2 heterocycles. The molecule has 2 N–H and O–H groups in total. The minimum Gasteiger partial charge on any atom is -0.323 e. The molecular weight excluding hydrogens is 312 g/mol. The molecule has 6 nitrogen and oxygen atoms in total. The first kappa shape index (κ1) is 17.4. The summed E-state index contributed by atoms with van der Waals surface area (Å²) in [4.78, 5) is 3.60. The normalized spacial score (nSPS) is 30.6. The summed E-state index contributed by atoms with van der Waals surface area (Å²) in [5.74, 6) is 1.16. The first-order valence-electron chi connectivity index (χ1n) is 10.8. The fourth-order valence-corrected chi connectivity index (χ4v) is 5.65. The summed E-state index contributed by atoms with van der Waals surface area (Å²) >= 11 is 0. The van der Waals surface area contributed by atoms with Crippen LogP contribution in [0.4, 0.5) is 0 Å². The van der Waals surface area contributed by atoms with Crippen LogP contribution in [0.5, 0.6) is 0 Å². The Morgan fingerprint density at radius 2 is 1.64 bits per heavy atom. The molecule has 3 fully saturated rings. The molecule has 0 spiro atoms. The van der Waals surface area contributed by atoms with Gasteiger partial charge in [0, 0.05) is 6.42 Å². The third-order valence-electron chi connectivity index (χ3n) is 7.12. The number of hydrogen-bond acceptors (Lipinski definition) is 3. The van der Waals surface area contributed by atoms with Gasteiger partial charge in [0.1, 0.15) is 32.2 Å². The topological polar surface area (TPSA) is 52.5 Å². The lowest BCUT2D eigenvalue weighted by atomic mass is 9.95. The maximum Gasteiger partial charge on any atom is 0.209 e. The van der Waals surface area contributed by atoms with Crippen molar-refractivity contribution in [2.45, 2.75) is 89.3 Å². The van der Waals surface area contributed by atoms with Crippen molar-refractivity contribution in [2.75, 3.05) is 26.2 Å². The quantitative estimate of drug-likeness (QED) is 0.808. The number of piperazine rings is 1. The van der Waals surface area contributed by atoms with Crippen LogP contribution in [-0.2, 0) is 0 Å². The van der Waals surface area contributed by atoms with Crippen LogP contribution >= 0.6 is 0 Å². The second-order valence-corrected chi connectivity index (χ2v) is 8.53. The number of tetrazole rings is 1. The van der Waals surface area contributed by atoms with Crippen LogP contribution in [0.1, 0.15) is 89.0 Å². The molecule has 2 saturated carbocycles. The van der Waals surface area contributed by atoms with E-state index in [0.717, 1.165) is 18.3 Å². The SMILES string of the molecule is CC[C@H](c1nnnn1C1CCCCC1)[NH+]1CC[NH+](C2CCCC2)CC1. The smallest absolute Gasteiger partial charge is 0.209 e. The molecule has 0 amide bonds. The molecule has 3 aliphatic rings. The van der Waals surface area contributed by atoms with E-state index in [4.69, 9.17) is 0 Å². The zero-order valence-electron chi connectivity index (χ0n) is 15.9. The van der Waals surface area contributed by atoms with E-state index in [1.165, 1.54) is 84.0 Å². The summed E-state index contributed by atoms with van der Waals surface area (Å²) < 4.78 is 2.20. The molecule has 1 aromatic heterocycles. The van der Waals surface area contributed by atoms with Gasteiger partial charge in [0.25, 0.3) is 0 Å². The van der Waals surface area contributed by atoms with Crippen LogP contribution in [0.15, 0.2) is 0 Å². The minimum absolute atomic E-state index is 0.474. The lowest BCUT2D eigenvalue weighted by Crippen LogP contribution is -3.29. The van der Waals surface area contributed by atoms with Gasteiger partial charge in [-0.1, -0.05) is 26.2 Å². The van der Waals surface area contributed by atoms with Crippen molar-refractivity contribution >= 4 is 0 Å². The lowest BCUT2D eigenvalue weighted by Gasteiger charge is -2.36. The molecule has 1 atom stereocenters. The predicted octanol–water partition coefficient (Wildman–Crippen LogP) is 0.355. The Hall–Kier alpha value is -1.01. The highest BCUT2D eigenvalue weighted by molar-refractivity contribution is 4.90. The van der Waals surface area contributed by atoms with Gasteiger partial charge in [-0.15, -0.1) is 5.10 Å². The Kier molecular flexibility index (Phi) is 5.66. The monoisotopic (exact) mass is 348 g/mol. The largest absolute Gasteiger partial charge is 0.323 e. The molecule has 0 bridgehead atoms. The number of quaternary nitrogens is 2. The Labute approximate surface area is 151 Å². The van der Waals surface area contributed by atoms with E-state index in [1.807, 2.05) is 4.90 Å². The fraction of sp³-hybridized carbons (Fsp3) is 0.947. The molecule has 2 aliphatic carbocycles. The Morgan fingerprint density at radius 1 is 0.960 bits per heavy atom. The minimum atomic E-state index is 0.474. The molecule has 1 aliphatic heterocycles. The zero-order valence-corrected chi connectivity index (χ0v) is 15.9. The van der Waals surface area contributed by atoms with Gasteiger partial charge in [-0.25, -0.2) is 4.68 Å². The van der Waals surface area contributed by atoms with Gasteiger partial charge in [0.2, 0.25) is 5.82 Å². The molecule has 4 rings (SSSR count). The molecule has 25 heavy (non-hydrogen) atoms. The number of hydrogen-bond donors (Lipinski definition) is 2. The maximum atomic E-state index is 4.51. The summed E-state index contributed by atoms with van der Waals surface area (Å²) in [5.41, 5.74) is 0. The summed E-state index contributed by atoms with van der Waals surface area (Å²) in [5, 5.41) is 13.0. The van der Waals surface area contributed by atoms with E-state index in [0.29, 0.717) is 12.1 Å². The zero-order chi connectivity index (χ0) is 17.1. The highest BCUT2D eigenvalue weighted by Crippen LogP contribution is 2.29. The molecule has 0 unspecified atom stereocenters. The highest BCUT2D eigenvalue weighted by atomic mass is 15.6. The van der Waals surface area contributed by atoms with E-state index >= 15 is 0 Å². The molecule has 1 saturated heterocycles. The van der Waals surface area contributed by atoms with Crippen LogP contribution < -0.4 is 9.80 Å². The second-order valence-electron chi connectivity index (χ2n) is 8.53. The molecule has 1 aromatic rings. The second kappa shape index (κ2) is 8.12. The maximum absolute atomic E-state index is 4.51. The summed E-state index contributed by atoms with van der Waals surface area (Å²) in [6, 6.07) is 1.97. The van der Waals surface area contributed by atoms with E-state index in [9.17, 15) is 0 Å². The molecular formula is C19H36N6+2. The Balaban J connectivity index is 1.42. The van der Waals surface area contributed by atoms with Crippen molar-refractivity contribution in [3.63, 3.8) is 0 Å². The van der Waals surface area contributed by atoms with Crippen molar-refractivity contribution in [1.82, 2.24) is 20.2 Å². The van der Waals surface area contributed by atoms with Crippen LogP contribution in [0, 0.1) is 0 Å². The average Bonchev–Trinajstić information content (AvgIpc) is 3.36. The molecule has 140 valence electrons. The fourth-order valence-electron chi connectivity index (χ4n) is 5.65. The van der Waals surface area contributed by atoms with Gasteiger partial charge >= 0.3 is 0 Å². The Bertz CT molecular complexity index is 524. The lowest BCUT2D eigenvalue weighted by molar-refractivity contribution is -1.04. The van der Waals surface area contributed by atoms with Crippen LogP contribution in [0.2, 0.25) is 0 Å². The average molecular weight is 349 g/mol. The number of nitrogens with zero attached hydrogens (tertiary/aromatic N) is 4. The van der Waals surface area contributed by atoms with Crippen LogP contribution in [0.25, 0.3) is 0 Å². The molecule has 0 radical (unpaired) electrons. The summed E-state index contributed by atoms with van der Waals surface area (Å²) in [6.45, 7) is 7.54. The molecule has 0 aromatic carbocycles. The van der Waals surface area contributed by atoms with E-state index in [1.54, 1.807) is 4.90 Å². The van der Waals surface area contributed by atoms with Gasteiger partial charge < -0.3 is 9.80 Å². The highest BCUT2D eigenvalue weighted by Gasteiger charge is 2.37. The van der Waals surface area contributed by atoms with E-state index in [-0.39, 0.29) is 0 Å². The third kappa shape index (κ3) is 3.75. The molecule has 6 heteroatoms. The van der Waals surface area contributed by atoms with E-state index < -0.39 is 0 Å². The Morgan fingerprint density at radius 3 is 2.32 bits per heavy atom. The first-order chi connectivity index (χ1) is 12.4. The van der Waals surface area contributed by atoms with E-state index in [2.05, 4.69) is 27.1 Å². The standard InChI is InChI=1S/C19H34N6/c1-2-18(19-20-21-22-25(19)17-10-4-3-5-11-17)24-14-12-23(13-15-24)16-8-6-7-9-16/h16-18H,2-15H2,1H3/p+2/t18-/m1/s1. The van der Waals surface area contributed by atoms with Crippen LogP contribution in [-0.4, -0.2) is 52.4 Å². The van der Waals surface area contributed by atoms with Crippen LogP contribution in [0.3, 0.4) is 0 Å². The van der Waals surface area contributed by atoms with Crippen molar-refractivity contribution in [2.24, 2.45) is 0 Å². The van der Waals surface area contributed by atoms with Gasteiger partial charge in [-0.2, -0.15) is 0 Å². The van der Waals surface area contributed by atoms with Gasteiger partial charge in [0.05, 0.1) is 12.1 Å². The van der Waals surface area contributed by atoms with Crippen molar-refractivity contribution in [3.05, 3.63) is 5.82 Å². The number of rotatable bonds is 5. The van der Waals surface area contributed by atoms with Gasteiger partial charge in [0.15, 0.2) is 0 Å². The first-order valence-corrected chi connectivity index (χ1v) is 10.8. The number of nitrogens with one attached hydrogen (secondary N) is 2. The van der Waals surface area contributed by atoms with Gasteiger partial charge in [-0.05, 0) is 49.0 Å². The predicted molar refractivity (Wildman–Crippen MR) is 96.6 cm³/mol. The van der Waals surface area contributed by atoms with Crippen molar-refractivity contribution < 1.29 is 9.80 Å². The number of aromatic nitrogens is 4. The van der Waals surface area contributed by atoms with Gasteiger partial charge in [-0.3, -0.25) is 0 Å². The third-order valence-corrected chi connectivity index (χ3v) is 7.12. The summed E-state index contributed by atoms with van der Waals surface area (Å²) in [6.07, 6.45) is 13.5. The summed E-state index contributed by atoms with van der Waals surface area (Å²) in [7, 11) is 0.